The summed E-state index contributed by atoms with van der Waals surface area (Å²) in [5.41, 5.74) is -2.86. The minimum Gasteiger partial charge on any atom is -0.389 e. The third kappa shape index (κ3) is 4.01. The molecule has 0 fully saturated rings. The Morgan fingerprint density at radius 1 is 1.21 bits per heavy atom. The summed E-state index contributed by atoms with van der Waals surface area (Å²) in [6, 6.07) is 1.43. The fraction of sp³-hybridized carbons (Fsp3) is 0.304. The molecule has 202 valence electrons. The number of nitrogens with zero attached hydrogens (tertiary/aromatic N) is 3. The lowest BCUT2D eigenvalue weighted by molar-refractivity contribution is -0.0248. The van der Waals surface area contributed by atoms with E-state index in [1.165, 1.54) is 26.0 Å². The molecule has 0 aliphatic carbocycles. The Labute approximate surface area is 211 Å². The predicted molar refractivity (Wildman–Crippen MR) is 124 cm³/mol. The molecule has 0 amide bonds. The predicted octanol–water partition coefficient (Wildman–Crippen LogP) is 3.33. The molecule has 2 aromatic carbocycles. The number of halogens is 5. The third-order valence-corrected chi connectivity index (χ3v) is 7.79. The van der Waals surface area contributed by atoms with E-state index in [4.69, 9.17) is 4.52 Å². The zero-order chi connectivity index (χ0) is 27.7. The van der Waals surface area contributed by atoms with E-state index in [2.05, 4.69) is 5.16 Å². The number of aromatic nitrogens is 3. The molecular formula is C23H19F5N4O5S. The number of aliphatic hydroxyl groups excluding tert-OH is 1. The SMILES string of the molecule is CCS(=O)(=O)N[C@@H]1Cn2c(cn(-c3noc4cc(C(C)O)cc(-c5c(F)cc(F)cc5F)c34)c2=O)C1(F)F. The quantitative estimate of drug-likeness (QED) is 0.351. The lowest BCUT2D eigenvalue weighted by atomic mass is 9.96. The van der Waals surface area contributed by atoms with Gasteiger partial charge in [0.25, 0.3) is 0 Å². The van der Waals surface area contributed by atoms with Crippen molar-refractivity contribution >= 4 is 21.0 Å². The highest BCUT2D eigenvalue weighted by molar-refractivity contribution is 7.89. The molecule has 2 aromatic heterocycles. The summed E-state index contributed by atoms with van der Waals surface area (Å²) in [5, 5.41) is 13.7. The number of alkyl halides is 2. The third-order valence-electron chi connectivity index (χ3n) is 6.39. The van der Waals surface area contributed by atoms with Gasteiger partial charge in [0.1, 0.15) is 29.2 Å². The van der Waals surface area contributed by atoms with Gasteiger partial charge in [0.15, 0.2) is 11.4 Å². The monoisotopic (exact) mass is 558 g/mol. The smallest absolute Gasteiger partial charge is 0.334 e. The highest BCUT2D eigenvalue weighted by atomic mass is 32.2. The Morgan fingerprint density at radius 3 is 2.45 bits per heavy atom. The van der Waals surface area contributed by atoms with Gasteiger partial charge in [0, 0.05) is 23.9 Å². The van der Waals surface area contributed by atoms with Crippen molar-refractivity contribution in [2.45, 2.75) is 38.5 Å². The Kier molecular flexibility index (Phi) is 6.00. The first-order chi connectivity index (χ1) is 17.7. The molecule has 0 saturated heterocycles. The molecule has 4 aromatic rings. The van der Waals surface area contributed by atoms with E-state index >= 15 is 8.78 Å². The average molecular weight is 558 g/mol. The van der Waals surface area contributed by atoms with Crippen LogP contribution in [0.1, 0.15) is 31.2 Å². The van der Waals surface area contributed by atoms with Gasteiger partial charge in [-0.2, -0.15) is 8.78 Å². The van der Waals surface area contributed by atoms with Crippen molar-refractivity contribution in [1.82, 2.24) is 19.0 Å². The Bertz CT molecular complexity index is 1740. The van der Waals surface area contributed by atoms with Gasteiger partial charge in [-0.15, -0.1) is 0 Å². The molecule has 0 bridgehead atoms. The van der Waals surface area contributed by atoms with Gasteiger partial charge < -0.3 is 9.63 Å². The number of aliphatic hydroxyl groups is 1. The van der Waals surface area contributed by atoms with Gasteiger partial charge in [-0.3, -0.25) is 4.57 Å². The van der Waals surface area contributed by atoms with E-state index in [9.17, 15) is 31.5 Å². The second-order valence-electron chi connectivity index (χ2n) is 8.84. The van der Waals surface area contributed by atoms with Crippen LogP contribution < -0.4 is 10.4 Å². The fourth-order valence-corrected chi connectivity index (χ4v) is 5.26. The summed E-state index contributed by atoms with van der Waals surface area (Å²) in [4.78, 5) is 13.2. The van der Waals surface area contributed by atoms with Crippen LogP contribution in [0.5, 0.6) is 0 Å². The molecule has 0 radical (unpaired) electrons. The van der Waals surface area contributed by atoms with Crippen LogP contribution >= 0.6 is 0 Å². The molecule has 38 heavy (non-hydrogen) atoms. The number of imidazole rings is 1. The van der Waals surface area contributed by atoms with E-state index in [1.54, 1.807) is 0 Å². The molecular weight excluding hydrogens is 539 g/mol. The summed E-state index contributed by atoms with van der Waals surface area (Å²) in [7, 11) is -4.02. The van der Waals surface area contributed by atoms with Crippen LogP contribution in [-0.2, 0) is 22.5 Å². The first-order valence-electron chi connectivity index (χ1n) is 11.2. The Morgan fingerprint density at radius 2 is 1.87 bits per heavy atom. The highest BCUT2D eigenvalue weighted by Gasteiger charge is 2.52. The van der Waals surface area contributed by atoms with Crippen LogP contribution in [0.15, 0.2) is 39.8 Å². The average Bonchev–Trinajstić information content (AvgIpc) is 3.45. The summed E-state index contributed by atoms with van der Waals surface area (Å²) in [6.45, 7) is 1.95. The Balaban J connectivity index is 1.72. The first kappa shape index (κ1) is 26.1. The van der Waals surface area contributed by atoms with Gasteiger partial charge in [0.05, 0.1) is 29.4 Å². The molecule has 9 nitrogen and oxygen atoms in total. The van der Waals surface area contributed by atoms with Crippen molar-refractivity contribution in [2.24, 2.45) is 0 Å². The van der Waals surface area contributed by atoms with Crippen molar-refractivity contribution in [3.8, 4) is 16.9 Å². The lowest BCUT2D eigenvalue weighted by Crippen LogP contribution is -2.45. The minimum absolute atomic E-state index is 0.141. The fourth-order valence-electron chi connectivity index (χ4n) is 4.44. The van der Waals surface area contributed by atoms with Crippen molar-refractivity contribution < 1.29 is 40.0 Å². The molecule has 0 saturated carbocycles. The number of nitrogens with one attached hydrogen (secondary N) is 1. The zero-order valence-corrected chi connectivity index (χ0v) is 20.5. The molecule has 3 heterocycles. The van der Waals surface area contributed by atoms with Crippen molar-refractivity contribution in [2.75, 3.05) is 5.75 Å². The highest BCUT2D eigenvalue weighted by Crippen LogP contribution is 2.41. The van der Waals surface area contributed by atoms with Crippen LogP contribution in [0.2, 0.25) is 0 Å². The normalized spacial score (nSPS) is 17.7. The topological polar surface area (TPSA) is 119 Å². The maximum absolute atomic E-state index is 15.1. The molecule has 15 heteroatoms. The number of benzene rings is 2. The van der Waals surface area contributed by atoms with Crippen molar-refractivity contribution in [3.05, 3.63) is 69.7 Å². The van der Waals surface area contributed by atoms with E-state index < -0.39 is 80.6 Å². The van der Waals surface area contributed by atoms with E-state index in [0.29, 0.717) is 21.3 Å². The largest absolute Gasteiger partial charge is 0.389 e. The molecule has 2 N–H and O–H groups in total. The van der Waals surface area contributed by atoms with Gasteiger partial charge in [-0.1, -0.05) is 5.16 Å². The van der Waals surface area contributed by atoms with Crippen LogP contribution in [0.3, 0.4) is 0 Å². The zero-order valence-electron chi connectivity index (χ0n) is 19.7. The van der Waals surface area contributed by atoms with Crippen LogP contribution in [-0.4, -0.2) is 39.6 Å². The van der Waals surface area contributed by atoms with Gasteiger partial charge in [-0.25, -0.2) is 35.7 Å². The number of fused-ring (bicyclic) bond motifs is 2. The van der Waals surface area contributed by atoms with Crippen LogP contribution in [0.4, 0.5) is 22.0 Å². The molecule has 1 aliphatic rings. The molecule has 2 atom stereocenters. The maximum Gasteiger partial charge on any atom is 0.334 e. The summed E-state index contributed by atoms with van der Waals surface area (Å²) in [6.07, 6.45) is -0.398. The number of hydrogen-bond donors (Lipinski definition) is 2. The summed E-state index contributed by atoms with van der Waals surface area (Å²) < 4.78 is 106. The number of sulfonamides is 1. The molecule has 0 spiro atoms. The molecule has 1 aliphatic heterocycles. The summed E-state index contributed by atoms with van der Waals surface area (Å²) in [5.74, 6) is -8.43. The van der Waals surface area contributed by atoms with Gasteiger partial charge >= 0.3 is 11.6 Å². The first-order valence-corrected chi connectivity index (χ1v) is 12.9. The second-order valence-corrected chi connectivity index (χ2v) is 10.9. The number of hydrogen-bond acceptors (Lipinski definition) is 6. The maximum atomic E-state index is 15.1. The van der Waals surface area contributed by atoms with Gasteiger partial charge in [-0.05, 0) is 31.5 Å². The van der Waals surface area contributed by atoms with Crippen molar-refractivity contribution in [3.63, 3.8) is 0 Å². The van der Waals surface area contributed by atoms with E-state index in [0.717, 1.165) is 6.20 Å². The molecule has 1 unspecified atom stereocenters. The lowest BCUT2D eigenvalue weighted by Gasteiger charge is -2.19. The second kappa shape index (κ2) is 8.74. The Hall–Kier alpha value is -3.56. The number of rotatable bonds is 6. The van der Waals surface area contributed by atoms with Crippen molar-refractivity contribution in [1.29, 1.82) is 0 Å². The van der Waals surface area contributed by atoms with Crippen LogP contribution in [0, 0.1) is 17.5 Å². The van der Waals surface area contributed by atoms with E-state index in [1.807, 2.05) is 4.72 Å². The van der Waals surface area contributed by atoms with Gasteiger partial charge in [0.2, 0.25) is 10.0 Å². The van der Waals surface area contributed by atoms with E-state index in [-0.39, 0.29) is 22.1 Å². The minimum atomic E-state index is -4.02. The summed E-state index contributed by atoms with van der Waals surface area (Å²) >= 11 is 0. The van der Waals surface area contributed by atoms with Crippen LogP contribution in [0.25, 0.3) is 27.9 Å². The standard InChI is InChI=1S/C23H19F5N4O5S/c1-3-38(35,36)30-17-8-31-18(23(17,27)28)9-32(22(31)34)21-20-13(19-14(25)6-12(24)7-15(19)26)4-11(10(2)33)5-16(20)37-29-21/h4-7,9-10,17,30,33H,3,8H2,1-2H3/t10?,17-/m1/s1. The molecule has 5 rings (SSSR count).